The van der Waals surface area contributed by atoms with Crippen LogP contribution in [-0.2, 0) is 11.0 Å². The smallest absolute Gasteiger partial charge is 0.299 e. The van der Waals surface area contributed by atoms with Gasteiger partial charge in [0, 0.05) is 17.5 Å². The van der Waals surface area contributed by atoms with E-state index in [0.717, 1.165) is 12.8 Å². The molecule has 0 spiro atoms. The molecule has 1 saturated carbocycles. The van der Waals surface area contributed by atoms with Gasteiger partial charge >= 0.3 is 6.18 Å². The molecule has 0 saturated heterocycles. The lowest BCUT2D eigenvalue weighted by Gasteiger charge is -2.18. The van der Waals surface area contributed by atoms with Gasteiger partial charge in [0.05, 0.1) is 5.92 Å². The van der Waals surface area contributed by atoms with E-state index in [9.17, 15) is 18.0 Å². The molecule has 1 aliphatic carbocycles. The van der Waals surface area contributed by atoms with Crippen molar-refractivity contribution in [2.45, 2.75) is 37.8 Å². The van der Waals surface area contributed by atoms with E-state index in [1.165, 1.54) is 6.20 Å². The van der Waals surface area contributed by atoms with Crippen molar-refractivity contribution in [2.75, 3.05) is 0 Å². The summed E-state index contributed by atoms with van der Waals surface area (Å²) in [7, 11) is 0. The molecule has 16 heavy (non-hydrogen) atoms. The Morgan fingerprint density at radius 2 is 2.12 bits per heavy atom. The number of nitrogens with zero attached hydrogens (tertiary/aromatic N) is 1. The molecule has 88 valence electrons. The molecule has 0 bridgehead atoms. The lowest BCUT2D eigenvalue weighted by Crippen LogP contribution is -2.15. The van der Waals surface area contributed by atoms with Gasteiger partial charge in [-0.25, -0.2) is 4.98 Å². The number of aromatic nitrogens is 1. The highest BCUT2D eigenvalue weighted by Gasteiger charge is 2.36. The van der Waals surface area contributed by atoms with E-state index in [1.54, 1.807) is 0 Å². The first-order valence-corrected chi connectivity index (χ1v) is 5.86. The third-order valence-corrected chi connectivity index (χ3v) is 3.82. The lowest BCUT2D eigenvalue weighted by atomic mass is 9.87. The van der Waals surface area contributed by atoms with E-state index >= 15 is 0 Å². The molecule has 0 radical (unpaired) electrons. The van der Waals surface area contributed by atoms with Crippen molar-refractivity contribution in [1.29, 1.82) is 0 Å². The van der Waals surface area contributed by atoms with Gasteiger partial charge < -0.3 is 0 Å². The zero-order valence-electron chi connectivity index (χ0n) is 8.38. The Hall–Kier alpha value is -0.910. The SMILES string of the molecule is O=C1CCCCC1c1cnc(C(F)(F)F)s1. The van der Waals surface area contributed by atoms with Crippen LogP contribution < -0.4 is 0 Å². The van der Waals surface area contributed by atoms with Crippen molar-refractivity contribution in [2.24, 2.45) is 0 Å². The molecule has 0 amide bonds. The molecule has 6 heteroatoms. The first kappa shape index (κ1) is 11.6. The highest BCUT2D eigenvalue weighted by Crippen LogP contribution is 2.38. The number of hydrogen-bond acceptors (Lipinski definition) is 3. The summed E-state index contributed by atoms with van der Waals surface area (Å²) in [5.41, 5.74) is 0. The number of carbonyl (C=O) groups is 1. The van der Waals surface area contributed by atoms with Crippen LogP contribution in [0.3, 0.4) is 0 Å². The lowest BCUT2D eigenvalue weighted by molar-refractivity contribution is -0.137. The maximum absolute atomic E-state index is 12.3. The molecule has 1 aliphatic rings. The van der Waals surface area contributed by atoms with Gasteiger partial charge in [-0.15, -0.1) is 11.3 Å². The third kappa shape index (κ3) is 2.26. The fraction of sp³-hybridized carbons (Fsp3) is 0.600. The van der Waals surface area contributed by atoms with Crippen molar-refractivity contribution >= 4 is 17.1 Å². The first-order chi connectivity index (χ1) is 7.48. The van der Waals surface area contributed by atoms with Crippen LogP contribution in [0.4, 0.5) is 13.2 Å². The van der Waals surface area contributed by atoms with E-state index < -0.39 is 11.2 Å². The van der Waals surface area contributed by atoms with Crippen molar-refractivity contribution in [3.05, 3.63) is 16.1 Å². The summed E-state index contributed by atoms with van der Waals surface area (Å²) >= 11 is 0.593. The molecule has 2 rings (SSSR count). The van der Waals surface area contributed by atoms with Crippen molar-refractivity contribution in [3.63, 3.8) is 0 Å². The van der Waals surface area contributed by atoms with Crippen LogP contribution in [0.2, 0.25) is 0 Å². The quantitative estimate of drug-likeness (QED) is 0.763. The van der Waals surface area contributed by atoms with Gasteiger partial charge in [0.1, 0.15) is 5.78 Å². The van der Waals surface area contributed by atoms with Crippen LogP contribution in [0.15, 0.2) is 6.20 Å². The van der Waals surface area contributed by atoms with Gasteiger partial charge in [-0.1, -0.05) is 6.42 Å². The normalized spacial score (nSPS) is 22.4. The Morgan fingerprint density at radius 3 is 2.69 bits per heavy atom. The molecule has 1 aromatic rings. The largest absolute Gasteiger partial charge is 0.443 e. The van der Waals surface area contributed by atoms with E-state index in [4.69, 9.17) is 0 Å². The maximum Gasteiger partial charge on any atom is 0.443 e. The Bertz CT molecular complexity index is 399. The highest BCUT2D eigenvalue weighted by molar-refractivity contribution is 7.11. The number of alkyl halides is 3. The second-order valence-corrected chi connectivity index (χ2v) is 4.89. The third-order valence-electron chi connectivity index (χ3n) is 2.66. The summed E-state index contributed by atoms with van der Waals surface area (Å²) < 4.78 is 37.0. The van der Waals surface area contributed by atoms with Crippen LogP contribution in [0.1, 0.15) is 41.5 Å². The number of rotatable bonds is 1. The minimum atomic E-state index is -4.40. The van der Waals surface area contributed by atoms with E-state index in [2.05, 4.69) is 4.98 Å². The molecule has 0 aromatic carbocycles. The van der Waals surface area contributed by atoms with Gasteiger partial charge in [0.2, 0.25) is 0 Å². The van der Waals surface area contributed by atoms with E-state index in [0.29, 0.717) is 29.1 Å². The maximum atomic E-state index is 12.3. The summed E-state index contributed by atoms with van der Waals surface area (Å²) in [6.45, 7) is 0. The Kier molecular flexibility index (Phi) is 3.01. The van der Waals surface area contributed by atoms with Crippen LogP contribution in [0.5, 0.6) is 0 Å². The molecular formula is C10H10F3NOS. The van der Waals surface area contributed by atoms with Gasteiger partial charge in [-0.2, -0.15) is 13.2 Å². The van der Waals surface area contributed by atoms with Crippen molar-refractivity contribution in [3.8, 4) is 0 Å². The highest BCUT2D eigenvalue weighted by atomic mass is 32.1. The minimum Gasteiger partial charge on any atom is -0.299 e. The molecule has 2 nitrogen and oxygen atoms in total. The topological polar surface area (TPSA) is 30.0 Å². The summed E-state index contributed by atoms with van der Waals surface area (Å²) in [6.07, 6.45) is -0.333. The molecule has 1 unspecified atom stereocenters. The average molecular weight is 249 g/mol. The number of carbonyl (C=O) groups excluding carboxylic acids is 1. The fourth-order valence-electron chi connectivity index (χ4n) is 1.86. The van der Waals surface area contributed by atoms with E-state index in [-0.39, 0.29) is 11.7 Å². The second-order valence-electron chi connectivity index (χ2n) is 3.83. The number of ketones is 1. The zero-order chi connectivity index (χ0) is 11.8. The van der Waals surface area contributed by atoms with Crippen LogP contribution in [-0.4, -0.2) is 10.8 Å². The molecule has 0 N–H and O–H groups in total. The van der Waals surface area contributed by atoms with Crippen LogP contribution in [0.25, 0.3) is 0 Å². The van der Waals surface area contributed by atoms with Gasteiger partial charge in [0.15, 0.2) is 5.01 Å². The Balaban J connectivity index is 2.21. The monoisotopic (exact) mass is 249 g/mol. The van der Waals surface area contributed by atoms with Gasteiger partial charge in [-0.3, -0.25) is 4.79 Å². The van der Waals surface area contributed by atoms with Crippen molar-refractivity contribution < 1.29 is 18.0 Å². The summed E-state index contributed by atoms with van der Waals surface area (Å²) in [4.78, 5) is 15.3. The first-order valence-electron chi connectivity index (χ1n) is 5.04. The van der Waals surface area contributed by atoms with Crippen LogP contribution >= 0.6 is 11.3 Å². The van der Waals surface area contributed by atoms with Gasteiger partial charge in [-0.05, 0) is 12.8 Å². The number of halogens is 3. The standard InChI is InChI=1S/C10H10F3NOS/c11-10(12,13)9-14-5-8(16-9)6-3-1-2-4-7(6)15/h5-6H,1-4H2. The zero-order valence-corrected chi connectivity index (χ0v) is 9.20. The number of Topliss-reactive ketones (excluding diaryl/α,β-unsaturated/α-hetero) is 1. The van der Waals surface area contributed by atoms with Gasteiger partial charge in [0.25, 0.3) is 0 Å². The molecule has 1 aromatic heterocycles. The number of hydrogen-bond donors (Lipinski definition) is 0. The molecule has 0 aliphatic heterocycles. The summed E-state index contributed by atoms with van der Waals surface area (Å²) in [6, 6.07) is 0. The Labute approximate surface area is 94.5 Å². The van der Waals surface area contributed by atoms with E-state index in [1.807, 2.05) is 0 Å². The molecule has 1 fully saturated rings. The predicted octanol–water partition coefficient (Wildman–Crippen LogP) is 3.39. The number of thiazole rings is 1. The minimum absolute atomic E-state index is 0.0450. The second kappa shape index (κ2) is 4.16. The molecular weight excluding hydrogens is 239 g/mol. The fourth-order valence-corrected chi connectivity index (χ4v) is 2.80. The summed E-state index contributed by atoms with van der Waals surface area (Å²) in [5.74, 6) is -0.314. The Morgan fingerprint density at radius 1 is 1.38 bits per heavy atom. The average Bonchev–Trinajstić information content (AvgIpc) is 2.66. The molecule has 1 atom stereocenters. The summed E-state index contributed by atoms with van der Waals surface area (Å²) in [5, 5.41) is -0.860. The van der Waals surface area contributed by atoms with Crippen molar-refractivity contribution in [1.82, 2.24) is 4.98 Å². The van der Waals surface area contributed by atoms with Crippen LogP contribution in [0, 0.1) is 0 Å². The molecule has 1 heterocycles. The predicted molar refractivity (Wildman–Crippen MR) is 53.3 cm³/mol.